The molecule has 0 bridgehead atoms. The van der Waals surface area contributed by atoms with Gasteiger partial charge in [0, 0.05) is 45.1 Å². The molecule has 156 valence electrons. The van der Waals surface area contributed by atoms with E-state index in [0.717, 1.165) is 51.4 Å². The number of nitrogens with one attached hydrogen (secondary N) is 1. The second kappa shape index (κ2) is 17.9. The summed E-state index contributed by atoms with van der Waals surface area (Å²) in [6.45, 7) is 4.04. The first-order valence-electron chi connectivity index (χ1n) is 10.7. The van der Waals surface area contributed by atoms with Gasteiger partial charge in [-0.25, -0.2) is 0 Å². The van der Waals surface area contributed by atoms with E-state index in [9.17, 15) is 19.2 Å². The summed E-state index contributed by atoms with van der Waals surface area (Å²) in [4.78, 5) is 45.4. The van der Waals surface area contributed by atoms with E-state index in [2.05, 4.69) is 5.32 Å². The van der Waals surface area contributed by atoms with Gasteiger partial charge in [0.2, 0.25) is 5.91 Å². The summed E-state index contributed by atoms with van der Waals surface area (Å²) in [7, 11) is 0. The van der Waals surface area contributed by atoms with E-state index in [1.807, 2.05) is 6.92 Å². The predicted octanol–water partition coefficient (Wildman–Crippen LogP) is 4.70. The fourth-order valence-corrected chi connectivity index (χ4v) is 2.91. The summed E-state index contributed by atoms with van der Waals surface area (Å²) in [5.74, 6) is 0.806. The molecule has 0 aliphatic carbocycles. The average Bonchev–Trinajstić information content (AvgIpc) is 2.64. The summed E-state index contributed by atoms with van der Waals surface area (Å²) in [5.41, 5.74) is 0. The smallest absolute Gasteiger partial charge is 0.219 e. The SMILES string of the molecule is CCC(=O)CCCCCCCCC(=O)NCCCC(=O)CCCCC(C)=O. The van der Waals surface area contributed by atoms with E-state index in [1.165, 1.54) is 0 Å². The molecule has 0 unspecified atom stereocenters. The maximum atomic E-state index is 11.7. The van der Waals surface area contributed by atoms with Crippen molar-refractivity contribution in [1.29, 1.82) is 0 Å². The molecule has 0 aromatic heterocycles. The fourth-order valence-electron chi connectivity index (χ4n) is 2.91. The number of hydrogen-bond acceptors (Lipinski definition) is 4. The van der Waals surface area contributed by atoms with Crippen molar-refractivity contribution in [2.45, 2.75) is 110 Å². The van der Waals surface area contributed by atoms with Gasteiger partial charge in [0.15, 0.2) is 0 Å². The Balaban J connectivity index is 3.38. The van der Waals surface area contributed by atoms with Crippen LogP contribution in [0.25, 0.3) is 0 Å². The third-order valence-electron chi connectivity index (χ3n) is 4.69. The summed E-state index contributed by atoms with van der Waals surface area (Å²) in [6, 6.07) is 0. The average molecular weight is 382 g/mol. The Bertz CT molecular complexity index is 446. The minimum Gasteiger partial charge on any atom is -0.356 e. The van der Waals surface area contributed by atoms with Crippen molar-refractivity contribution in [3.05, 3.63) is 0 Å². The number of carbonyl (C=O) groups excluding carboxylic acids is 4. The molecular weight excluding hydrogens is 342 g/mol. The van der Waals surface area contributed by atoms with Crippen molar-refractivity contribution in [3.63, 3.8) is 0 Å². The van der Waals surface area contributed by atoms with Crippen molar-refractivity contribution >= 4 is 23.3 Å². The second-order valence-corrected chi connectivity index (χ2v) is 7.41. The van der Waals surface area contributed by atoms with Crippen molar-refractivity contribution in [1.82, 2.24) is 5.32 Å². The molecule has 1 N–H and O–H groups in total. The van der Waals surface area contributed by atoms with Crippen LogP contribution in [0.15, 0.2) is 0 Å². The number of ketones is 3. The Kier molecular flexibility index (Phi) is 16.9. The van der Waals surface area contributed by atoms with Crippen LogP contribution in [-0.4, -0.2) is 29.8 Å². The number of carbonyl (C=O) groups is 4. The van der Waals surface area contributed by atoms with Crippen LogP contribution in [0.2, 0.25) is 0 Å². The Hall–Kier alpha value is -1.52. The van der Waals surface area contributed by atoms with Crippen LogP contribution in [0.4, 0.5) is 0 Å². The van der Waals surface area contributed by atoms with Gasteiger partial charge in [-0.2, -0.15) is 0 Å². The number of hydrogen-bond donors (Lipinski definition) is 1. The highest BCUT2D eigenvalue weighted by atomic mass is 16.2. The lowest BCUT2D eigenvalue weighted by atomic mass is 10.1. The largest absolute Gasteiger partial charge is 0.356 e. The van der Waals surface area contributed by atoms with Crippen molar-refractivity contribution in [2.24, 2.45) is 0 Å². The lowest BCUT2D eigenvalue weighted by Crippen LogP contribution is -2.24. The molecule has 5 heteroatoms. The zero-order chi connectivity index (χ0) is 20.3. The lowest BCUT2D eigenvalue weighted by Gasteiger charge is -2.05. The van der Waals surface area contributed by atoms with Gasteiger partial charge in [0.1, 0.15) is 17.3 Å². The van der Waals surface area contributed by atoms with Gasteiger partial charge >= 0.3 is 0 Å². The number of rotatable bonds is 19. The van der Waals surface area contributed by atoms with Crippen LogP contribution in [0.5, 0.6) is 0 Å². The summed E-state index contributed by atoms with van der Waals surface area (Å²) < 4.78 is 0. The maximum Gasteiger partial charge on any atom is 0.219 e. The quantitative estimate of drug-likeness (QED) is 0.329. The number of amides is 1. The third kappa shape index (κ3) is 19.1. The molecule has 0 radical (unpaired) electrons. The lowest BCUT2D eigenvalue weighted by molar-refractivity contribution is -0.122. The van der Waals surface area contributed by atoms with E-state index in [1.54, 1.807) is 6.92 Å². The fraction of sp³-hybridized carbons (Fsp3) is 0.818. The molecule has 0 atom stereocenters. The van der Waals surface area contributed by atoms with E-state index in [0.29, 0.717) is 57.3 Å². The summed E-state index contributed by atoms with van der Waals surface area (Å²) in [6.07, 6.45) is 12.0. The minimum atomic E-state index is 0.0671. The van der Waals surface area contributed by atoms with Crippen molar-refractivity contribution in [3.8, 4) is 0 Å². The molecule has 0 aliphatic heterocycles. The molecule has 0 saturated carbocycles. The molecule has 0 fully saturated rings. The van der Waals surface area contributed by atoms with Gasteiger partial charge in [-0.15, -0.1) is 0 Å². The third-order valence-corrected chi connectivity index (χ3v) is 4.69. The first kappa shape index (κ1) is 25.5. The molecule has 0 rings (SSSR count). The zero-order valence-corrected chi connectivity index (χ0v) is 17.4. The number of Topliss-reactive ketones (excluding diaryl/α,β-unsaturated/α-hetero) is 3. The van der Waals surface area contributed by atoms with Crippen LogP contribution < -0.4 is 5.32 Å². The summed E-state index contributed by atoms with van der Waals surface area (Å²) in [5, 5.41) is 2.88. The first-order chi connectivity index (χ1) is 13.0. The molecule has 0 spiro atoms. The van der Waals surface area contributed by atoms with E-state index in [-0.39, 0.29) is 17.5 Å². The molecule has 0 aliphatic rings. The zero-order valence-electron chi connectivity index (χ0n) is 17.4. The van der Waals surface area contributed by atoms with Crippen molar-refractivity contribution < 1.29 is 19.2 Å². The highest BCUT2D eigenvalue weighted by Crippen LogP contribution is 2.09. The Labute approximate surface area is 165 Å². The molecular formula is C22H39NO4. The molecule has 0 saturated heterocycles. The second-order valence-electron chi connectivity index (χ2n) is 7.41. The standard InChI is InChI=1S/C22H39NO4/c1-3-20(25)14-8-6-4-5-7-9-17-22(27)23-18-12-16-21(26)15-11-10-13-19(2)24/h3-18H2,1-2H3,(H,23,27). The molecule has 0 aromatic rings. The van der Waals surface area contributed by atoms with E-state index < -0.39 is 0 Å². The van der Waals surface area contributed by atoms with Crippen LogP contribution >= 0.6 is 0 Å². The highest BCUT2D eigenvalue weighted by molar-refractivity contribution is 5.79. The number of unbranched alkanes of at least 4 members (excludes halogenated alkanes) is 6. The molecule has 0 heterocycles. The normalized spacial score (nSPS) is 10.6. The van der Waals surface area contributed by atoms with Gasteiger partial charge < -0.3 is 10.1 Å². The first-order valence-corrected chi connectivity index (χ1v) is 10.7. The maximum absolute atomic E-state index is 11.7. The van der Waals surface area contributed by atoms with Crippen LogP contribution in [0.3, 0.4) is 0 Å². The van der Waals surface area contributed by atoms with Crippen LogP contribution in [-0.2, 0) is 19.2 Å². The molecule has 5 nitrogen and oxygen atoms in total. The Morgan fingerprint density at radius 2 is 1.07 bits per heavy atom. The van der Waals surface area contributed by atoms with Gasteiger partial charge in [-0.05, 0) is 39.0 Å². The minimum absolute atomic E-state index is 0.0671. The van der Waals surface area contributed by atoms with Gasteiger partial charge in [-0.1, -0.05) is 32.6 Å². The predicted molar refractivity (Wildman–Crippen MR) is 109 cm³/mol. The molecule has 1 amide bonds. The molecule has 27 heavy (non-hydrogen) atoms. The van der Waals surface area contributed by atoms with Gasteiger partial charge in [0.25, 0.3) is 0 Å². The van der Waals surface area contributed by atoms with Gasteiger partial charge in [-0.3, -0.25) is 14.4 Å². The monoisotopic (exact) mass is 381 g/mol. The van der Waals surface area contributed by atoms with Crippen LogP contribution in [0.1, 0.15) is 110 Å². The topological polar surface area (TPSA) is 80.3 Å². The summed E-state index contributed by atoms with van der Waals surface area (Å²) >= 11 is 0. The van der Waals surface area contributed by atoms with Crippen molar-refractivity contribution in [2.75, 3.05) is 6.54 Å². The molecule has 0 aromatic carbocycles. The van der Waals surface area contributed by atoms with Gasteiger partial charge in [0.05, 0.1) is 0 Å². The Morgan fingerprint density at radius 3 is 1.70 bits per heavy atom. The Morgan fingerprint density at radius 1 is 0.593 bits per heavy atom. The highest BCUT2D eigenvalue weighted by Gasteiger charge is 2.05. The van der Waals surface area contributed by atoms with E-state index in [4.69, 9.17) is 0 Å². The van der Waals surface area contributed by atoms with E-state index >= 15 is 0 Å². The van der Waals surface area contributed by atoms with Crippen LogP contribution in [0, 0.1) is 0 Å².